The first-order valence-corrected chi connectivity index (χ1v) is 6.46. The molecule has 1 saturated heterocycles. The third kappa shape index (κ3) is 3.46. The molecule has 102 valence electrons. The van der Waals surface area contributed by atoms with Crippen molar-refractivity contribution in [2.45, 2.75) is 25.6 Å². The van der Waals surface area contributed by atoms with Gasteiger partial charge in [0.2, 0.25) is 0 Å². The molecule has 0 radical (unpaired) electrons. The van der Waals surface area contributed by atoms with Crippen molar-refractivity contribution in [3.63, 3.8) is 0 Å². The highest BCUT2D eigenvalue weighted by molar-refractivity contribution is 5.50. The Morgan fingerprint density at radius 2 is 2.11 bits per heavy atom. The molecule has 0 unspecified atom stereocenters. The van der Waals surface area contributed by atoms with Gasteiger partial charge in [0.05, 0.1) is 29.9 Å². The Hall–Kier alpha value is -1.57. The summed E-state index contributed by atoms with van der Waals surface area (Å²) in [6, 6.07) is 9.82. The lowest BCUT2D eigenvalue weighted by Crippen LogP contribution is -2.54. The van der Waals surface area contributed by atoms with E-state index in [0.29, 0.717) is 12.2 Å². The predicted octanol–water partition coefficient (Wildman–Crippen LogP) is 2.19. The van der Waals surface area contributed by atoms with Crippen molar-refractivity contribution in [3.05, 3.63) is 29.8 Å². The third-order valence-electron chi connectivity index (χ3n) is 3.20. The first-order chi connectivity index (χ1) is 9.04. The Balaban J connectivity index is 2.15. The van der Waals surface area contributed by atoms with Crippen molar-refractivity contribution in [1.29, 1.82) is 5.26 Å². The van der Waals surface area contributed by atoms with Gasteiger partial charge in [-0.25, -0.2) is 0 Å². The van der Waals surface area contributed by atoms with Gasteiger partial charge in [0.15, 0.2) is 0 Å². The molecule has 0 saturated carbocycles. The molecule has 1 aliphatic rings. The molecule has 0 N–H and O–H groups in total. The van der Waals surface area contributed by atoms with Crippen LogP contribution in [0.15, 0.2) is 24.3 Å². The van der Waals surface area contributed by atoms with Gasteiger partial charge in [0.1, 0.15) is 0 Å². The van der Waals surface area contributed by atoms with Crippen LogP contribution in [0.2, 0.25) is 0 Å². The second-order valence-electron chi connectivity index (χ2n) is 5.49. The van der Waals surface area contributed by atoms with Gasteiger partial charge in [0, 0.05) is 25.9 Å². The molecule has 0 aliphatic carbocycles. The minimum absolute atomic E-state index is 0.0735. The predicted molar refractivity (Wildman–Crippen MR) is 74.2 cm³/mol. The summed E-state index contributed by atoms with van der Waals surface area (Å²) in [7, 11) is 1.69. The molecule has 19 heavy (non-hydrogen) atoms. The number of nitrogens with zero attached hydrogens (tertiary/aromatic N) is 2. The molecule has 4 heteroatoms. The number of anilines is 1. The van der Waals surface area contributed by atoms with E-state index < -0.39 is 0 Å². The van der Waals surface area contributed by atoms with E-state index in [9.17, 15) is 0 Å². The first-order valence-electron chi connectivity index (χ1n) is 6.46. The van der Waals surface area contributed by atoms with Crippen LogP contribution in [0.4, 0.5) is 5.69 Å². The zero-order chi connectivity index (χ0) is 13.9. The Bertz CT molecular complexity index is 462. The minimum atomic E-state index is -0.199. The smallest absolute Gasteiger partial charge is 0.0991 e. The van der Waals surface area contributed by atoms with Crippen LogP contribution in [-0.2, 0) is 9.47 Å². The van der Waals surface area contributed by atoms with Crippen LogP contribution in [-0.4, -0.2) is 38.5 Å². The summed E-state index contributed by atoms with van der Waals surface area (Å²) in [5.74, 6) is 0. The fourth-order valence-electron chi connectivity index (χ4n) is 2.51. The third-order valence-corrected chi connectivity index (χ3v) is 3.20. The van der Waals surface area contributed by atoms with Crippen molar-refractivity contribution >= 4 is 5.69 Å². The van der Waals surface area contributed by atoms with Crippen LogP contribution in [0.25, 0.3) is 0 Å². The maximum Gasteiger partial charge on any atom is 0.0991 e. The highest BCUT2D eigenvalue weighted by atomic mass is 16.5. The highest BCUT2D eigenvalue weighted by Crippen LogP contribution is 2.26. The minimum Gasteiger partial charge on any atom is -0.382 e. The second-order valence-corrected chi connectivity index (χ2v) is 5.49. The topological polar surface area (TPSA) is 45.5 Å². The van der Waals surface area contributed by atoms with E-state index in [1.54, 1.807) is 7.11 Å². The number of hydrogen-bond donors (Lipinski definition) is 0. The highest BCUT2D eigenvalue weighted by Gasteiger charge is 2.33. The first kappa shape index (κ1) is 13.9. The lowest BCUT2D eigenvalue weighted by molar-refractivity contribution is -0.106. The van der Waals surface area contributed by atoms with Crippen molar-refractivity contribution < 1.29 is 9.47 Å². The zero-order valence-electron chi connectivity index (χ0n) is 11.7. The van der Waals surface area contributed by atoms with Gasteiger partial charge in [-0.2, -0.15) is 5.26 Å². The van der Waals surface area contributed by atoms with Crippen molar-refractivity contribution in [1.82, 2.24) is 0 Å². The standard InChI is InChI=1S/C15H20N2O2/c1-15(2)11-17(9-14(19-15)10-18-3)13-6-4-12(8-16)5-7-13/h4-7,14H,9-11H2,1-3H3/t14-/m0/s1. The Kier molecular flexibility index (Phi) is 4.08. The lowest BCUT2D eigenvalue weighted by atomic mass is 10.0. The molecule has 0 spiro atoms. The molecule has 1 fully saturated rings. The van der Waals surface area contributed by atoms with E-state index in [1.807, 2.05) is 24.3 Å². The van der Waals surface area contributed by atoms with E-state index in [0.717, 1.165) is 18.8 Å². The van der Waals surface area contributed by atoms with Gasteiger partial charge in [0.25, 0.3) is 0 Å². The normalized spacial score (nSPS) is 22.0. The molecule has 1 heterocycles. The molecule has 0 bridgehead atoms. The summed E-state index contributed by atoms with van der Waals surface area (Å²) in [6.45, 7) is 6.41. The lowest BCUT2D eigenvalue weighted by Gasteiger charge is -2.43. The van der Waals surface area contributed by atoms with E-state index in [-0.39, 0.29) is 11.7 Å². The summed E-state index contributed by atoms with van der Waals surface area (Å²) < 4.78 is 11.2. The summed E-state index contributed by atoms with van der Waals surface area (Å²) in [4.78, 5) is 2.29. The van der Waals surface area contributed by atoms with E-state index >= 15 is 0 Å². The van der Waals surface area contributed by atoms with Crippen LogP contribution in [0.3, 0.4) is 0 Å². The molecule has 1 aromatic rings. The Morgan fingerprint density at radius 3 is 2.68 bits per heavy atom. The average molecular weight is 260 g/mol. The van der Waals surface area contributed by atoms with Gasteiger partial charge in [-0.15, -0.1) is 0 Å². The van der Waals surface area contributed by atoms with Crippen LogP contribution in [0.5, 0.6) is 0 Å². The fraction of sp³-hybridized carbons (Fsp3) is 0.533. The zero-order valence-corrected chi connectivity index (χ0v) is 11.7. The average Bonchev–Trinajstić information content (AvgIpc) is 2.37. The summed E-state index contributed by atoms with van der Waals surface area (Å²) in [5.41, 5.74) is 1.61. The molecular weight excluding hydrogens is 240 g/mol. The van der Waals surface area contributed by atoms with Gasteiger partial charge < -0.3 is 14.4 Å². The molecular formula is C15H20N2O2. The summed E-state index contributed by atoms with van der Waals surface area (Å²) in [5, 5.41) is 8.83. The number of morpholine rings is 1. The number of ether oxygens (including phenoxy) is 2. The van der Waals surface area contributed by atoms with Crippen molar-refractivity contribution in [2.24, 2.45) is 0 Å². The summed E-state index contributed by atoms with van der Waals surface area (Å²) in [6.07, 6.45) is 0.0735. The maximum absolute atomic E-state index is 8.83. The van der Waals surface area contributed by atoms with Crippen LogP contribution in [0.1, 0.15) is 19.4 Å². The Labute approximate surface area is 114 Å². The quantitative estimate of drug-likeness (QED) is 0.835. The molecule has 1 aromatic carbocycles. The number of methoxy groups -OCH3 is 1. The number of hydrogen-bond acceptors (Lipinski definition) is 4. The van der Waals surface area contributed by atoms with E-state index in [4.69, 9.17) is 14.7 Å². The molecule has 4 nitrogen and oxygen atoms in total. The second kappa shape index (κ2) is 5.60. The van der Waals surface area contributed by atoms with E-state index in [1.165, 1.54) is 0 Å². The fourth-order valence-corrected chi connectivity index (χ4v) is 2.51. The number of benzene rings is 1. The maximum atomic E-state index is 8.83. The van der Waals surface area contributed by atoms with Crippen LogP contribution in [0, 0.1) is 11.3 Å². The van der Waals surface area contributed by atoms with Crippen LogP contribution < -0.4 is 4.90 Å². The van der Waals surface area contributed by atoms with Crippen LogP contribution >= 0.6 is 0 Å². The number of rotatable bonds is 3. The van der Waals surface area contributed by atoms with Crippen molar-refractivity contribution in [3.8, 4) is 6.07 Å². The van der Waals surface area contributed by atoms with Crippen molar-refractivity contribution in [2.75, 3.05) is 31.7 Å². The Morgan fingerprint density at radius 1 is 1.42 bits per heavy atom. The molecule has 1 aliphatic heterocycles. The monoisotopic (exact) mass is 260 g/mol. The van der Waals surface area contributed by atoms with Gasteiger partial charge in [-0.05, 0) is 38.1 Å². The number of nitriles is 1. The molecule has 0 amide bonds. The molecule has 1 atom stereocenters. The van der Waals surface area contributed by atoms with Gasteiger partial charge in [-0.3, -0.25) is 0 Å². The van der Waals surface area contributed by atoms with Gasteiger partial charge >= 0.3 is 0 Å². The SMILES string of the molecule is COC[C@@H]1CN(c2ccc(C#N)cc2)CC(C)(C)O1. The molecule has 2 rings (SSSR count). The van der Waals surface area contributed by atoms with E-state index in [2.05, 4.69) is 24.8 Å². The van der Waals surface area contributed by atoms with Gasteiger partial charge in [-0.1, -0.05) is 0 Å². The largest absolute Gasteiger partial charge is 0.382 e. The molecule has 0 aromatic heterocycles. The summed E-state index contributed by atoms with van der Waals surface area (Å²) >= 11 is 0.